The number of aryl methyl sites for hydroxylation is 1. The largest absolute Gasteiger partial charge is 0.441 e. The van der Waals surface area contributed by atoms with Gasteiger partial charge in [-0.2, -0.15) is 0 Å². The van der Waals surface area contributed by atoms with Crippen LogP contribution in [0, 0.1) is 18.8 Å². The van der Waals surface area contributed by atoms with Crippen molar-refractivity contribution < 1.29 is 14.0 Å². The lowest BCUT2D eigenvalue weighted by Crippen LogP contribution is -2.27. The smallest absolute Gasteiger partial charge is 0.228 e. The summed E-state index contributed by atoms with van der Waals surface area (Å²) < 4.78 is 5.59. The summed E-state index contributed by atoms with van der Waals surface area (Å²) in [5.74, 6) is 1.90. The molecule has 0 bridgehead atoms. The number of amides is 1. The van der Waals surface area contributed by atoms with E-state index in [4.69, 9.17) is 4.42 Å². The second-order valence-electron chi connectivity index (χ2n) is 7.11. The van der Waals surface area contributed by atoms with Crippen LogP contribution < -0.4 is 5.32 Å². The number of hydrogen-bond acceptors (Lipinski definition) is 5. The molecular formula is C21H21N3O3. The first-order valence-electron chi connectivity index (χ1n) is 9.21. The van der Waals surface area contributed by atoms with Crippen LogP contribution in [0.1, 0.15) is 31.6 Å². The van der Waals surface area contributed by atoms with Gasteiger partial charge in [0.2, 0.25) is 5.91 Å². The number of pyridine rings is 1. The first-order valence-corrected chi connectivity index (χ1v) is 9.21. The summed E-state index contributed by atoms with van der Waals surface area (Å²) in [4.78, 5) is 31.9. The van der Waals surface area contributed by atoms with E-state index in [0.717, 1.165) is 48.3 Å². The van der Waals surface area contributed by atoms with Crippen LogP contribution in [0.25, 0.3) is 22.1 Å². The molecule has 2 heterocycles. The molecule has 1 saturated carbocycles. The molecule has 0 radical (unpaired) electrons. The zero-order valence-corrected chi connectivity index (χ0v) is 15.1. The first-order chi connectivity index (χ1) is 13.1. The van der Waals surface area contributed by atoms with E-state index < -0.39 is 0 Å². The second kappa shape index (κ2) is 7.31. The van der Waals surface area contributed by atoms with Crippen molar-refractivity contribution in [1.82, 2.24) is 9.97 Å². The third kappa shape index (κ3) is 3.74. The standard InChI is InChI=1S/C21H21N3O3/c1-13-22-11-19(27-13)16-6-7-17-10-23-20(9-18(17)8-16)24-21(26)15-4-2-14(12-25)3-5-15/h6-12,14-15H,2-5H2,1H3,(H,23,24,26)/t14-,15-. The molecule has 6 heteroatoms. The lowest BCUT2D eigenvalue weighted by atomic mass is 9.82. The van der Waals surface area contributed by atoms with Crippen LogP contribution in [0.3, 0.4) is 0 Å². The maximum atomic E-state index is 12.5. The lowest BCUT2D eigenvalue weighted by Gasteiger charge is -2.24. The van der Waals surface area contributed by atoms with E-state index >= 15 is 0 Å². The Bertz CT molecular complexity index is 987. The van der Waals surface area contributed by atoms with Crippen molar-refractivity contribution in [2.24, 2.45) is 11.8 Å². The molecule has 3 aromatic rings. The van der Waals surface area contributed by atoms with Gasteiger partial charge >= 0.3 is 0 Å². The number of benzene rings is 1. The summed E-state index contributed by atoms with van der Waals surface area (Å²) in [5, 5.41) is 4.88. The van der Waals surface area contributed by atoms with Gasteiger partial charge in [-0.05, 0) is 43.2 Å². The number of aldehydes is 1. The number of fused-ring (bicyclic) bond motifs is 1. The first kappa shape index (κ1) is 17.4. The molecule has 1 fully saturated rings. The van der Waals surface area contributed by atoms with Crippen molar-refractivity contribution in [1.29, 1.82) is 0 Å². The summed E-state index contributed by atoms with van der Waals surface area (Å²) in [7, 11) is 0. The summed E-state index contributed by atoms with van der Waals surface area (Å²) in [6.45, 7) is 1.81. The minimum Gasteiger partial charge on any atom is -0.441 e. The molecule has 1 aliphatic carbocycles. The Kier molecular flexibility index (Phi) is 4.71. The van der Waals surface area contributed by atoms with E-state index in [1.54, 1.807) is 12.4 Å². The number of aromatic nitrogens is 2. The number of carbonyl (C=O) groups excluding carboxylic acids is 2. The Morgan fingerprint density at radius 3 is 2.63 bits per heavy atom. The van der Waals surface area contributed by atoms with Crippen LogP contribution in [0.5, 0.6) is 0 Å². The molecule has 2 aromatic heterocycles. The lowest BCUT2D eigenvalue weighted by molar-refractivity contribution is -0.122. The highest BCUT2D eigenvalue weighted by molar-refractivity contribution is 5.95. The molecule has 27 heavy (non-hydrogen) atoms. The quantitative estimate of drug-likeness (QED) is 0.704. The Morgan fingerprint density at radius 2 is 1.93 bits per heavy atom. The van der Waals surface area contributed by atoms with Crippen molar-refractivity contribution in [3.8, 4) is 11.3 Å². The van der Waals surface area contributed by atoms with E-state index in [9.17, 15) is 9.59 Å². The Hall–Kier alpha value is -3.02. The molecule has 1 amide bonds. The maximum absolute atomic E-state index is 12.5. The van der Waals surface area contributed by atoms with Crippen LogP contribution in [0.4, 0.5) is 5.82 Å². The summed E-state index contributed by atoms with van der Waals surface area (Å²) in [6.07, 6.45) is 7.53. The topological polar surface area (TPSA) is 85.1 Å². The molecule has 1 N–H and O–H groups in total. The van der Waals surface area contributed by atoms with E-state index in [2.05, 4.69) is 15.3 Å². The minimum absolute atomic E-state index is 0.0202. The zero-order valence-electron chi connectivity index (χ0n) is 15.1. The zero-order chi connectivity index (χ0) is 18.8. The average Bonchev–Trinajstić information content (AvgIpc) is 3.14. The second-order valence-corrected chi connectivity index (χ2v) is 7.11. The Morgan fingerprint density at radius 1 is 1.11 bits per heavy atom. The summed E-state index contributed by atoms with van der Waals surface area (Å²) in [6, 6.07) is 7.81. The predicted octanol–water partition coefficient (Wildman–Crippen LogP) is 4.14. The van der Waals surface area contributed by atoms with E-state index in [1.807, 2.05) is 31.2 Å². The normalized spacial score (nSPS) is 19.7. The van der Waals surface area contributed by atoms with Crippen molar-refractivity contribution in [3.05, 3.63) is 42.5 Å². The average molecular weight is 363 g/mol. The molecule has 4 rings (SSSR count). The van der Waals surface area contributed by atoms with E-state index in [0.29, 0.717) is 17.5 Å². The monoisotopic (exact) mass is 363 g/mol. The maximum Gasteiger partial charge on any atom is 0.228 e. The van der Waals surface area contributed by atoms with Crippen LogP contribution in [0.15, 0.2) is 41.1 Å². The Labute approximate surface area is 157 Å². The number of nitrogens with one attached hydrogen (secondary N) is 1. The van der Waals surface area contributed by atoms with Gasteiger partial charge in [0, 0.05) is 35.9 Å². The number of anilines is 1. The fraction of sp³-hybridized carbons (Fsp3) is 0.333. The fourth-order valence-electron chi connectivity index (χ4n) is 3.60. The van der Waals surface area contributed by atoms with Gasteiger partial charge < -0.3 is 14.5 Å². The van der Waals surface area contributed by atoms with Gasteiger partial charge in [-0.15, -0.1) is 0 Å². The minimum atomic E-state index is -0.0535. The number of nitrogens with zero attached hydrogens (tertiary/aromatic N) is 2. The molecule has 0 unspecified atom stereocenters. The Balaban J connectivity index is 1.52. The third-order valence-electron chi connectivity index (χ3n) is 5.21. The molecule has 0 spiro atoms. The molecule has 0 aliphatic heterocycles. The van der Waals surface area contributed by atoms with Crippen LogP contribution >= 0.6 is 0 Å². The van der Waals surface area contributed by atoms with Gasteiger partial charge in [0.05, 0.1) is 6.20 Å². The van der Waals surface area contributed by atoms with Gasteiger partial charge in [-0.25, -0.2) is 9.97 Å². The molecular weight excluding hydrogens is 342 g/mol. The number of carbonyl (C=O) groups is 2. The highest BCUT2D eigenvalue weighted by Gasteiger charge is 2.26. The van der Waals surface area contributed by atoms with Gasteiger partial charge in [0.1, 0.15) is 12.1 Å². The number of hydrogen-bond donors (Lipinski definition) is 1. The SMILES string of the molecule is Cc1ncc(-c2ccc3cnc(NC(=O)[C@H]4CC[C@H](C=O)CC4)cc3c2)o1. The van der Waals surface area contributed by atoms with Gasteiger partial charge in [0.25, 0.3) is 0 Å². The molecule has 1 aromatic carbocycles. The van der Waals surface area contributed by atoms with Gasteiger partial charge in [-0.3, -0.25) is 4.79 Å². The highest BCUT2D eigenvalue weighted by atomic mass is 16.4. The molecule has 6 nitrogen and oxygen atoms in total. The fourth-order valence-corrected chi connectivity index (χ4v) is 3.60. The van der Waals surface area contributed by atoms with Crippen molar-refractivity contribution in [3.63, 3.8) is 0 Å². The molecule has 138 valence electrons. The van der Waals surface area contributed by atoms with Crippen molar-refractivity contribution >= 4 is 28.8 Å². The molecule has 1 aliphatic rings. The van der Waals surface area contributed by atoms with Crippen LogP contribution in [0.2, 0.25) is 0 Å². The number of rotatable bonds is 4. The number of oxazole rings is 1. The summed E-state index contributed by atoms with van der Waals surface area (Å²) in [5.41, 5.74) is 0.929. The third-order valence-corrected chi connectivity index (χ3v) is 5.21. The van der Waals surface area contributed by atoms with Gasteiger partial charge in [0.15, 0.2) is 11.7 Å². The van der Waals surface area contributed by atoms with Crippen LogP contribution in [-0.2, 0) is 9.59 Å². The van der Waals surface area contributed by atoms with Crippen molar-refractivity contribution in [2.75, 3.05) is 5.32 Å². The highest BCUT2D eigenvalue weighted by Crippen LogP contribution is 2.29. The van der Waals surface area contributed by atoms with Gasteiger partial charge in [-0.1, -0.05) is 12.1 Å². The summed E-state index contributed by atoms with van der Waals surface area (Å²) >= 11 is 0. The van der Waals surface area contributed by atoms with Crippen molar-refractivity contribution in [2.45, 2.75) is 32.6 Å². The molecule has 0 atom stereocenters. The molecule has 0 saturated heterocycles. The van der Waals surface area contributed by atoms with E-state index in [-0.39, 0.29) is 17.7 Å². The van der Waals surface area contributed by atoms with E-state index in [1.165, 1.54) is 0 Å². The van der Waals surface area contributed by atoms with Crippen LogP contribution in [-0.4, -0.2) is 22.2 Å². The predicted molar refractivity (Wildman–Crippen MR) is 102 cm³/mol.